The Morgan fingerprint density at radius 3 is 2.65 bits per heavy atom. The van der Waals surface area contributed by atoms with Gasteiger partial charge in [0, 0.05) is 24.4 Å². The average molecular weight is 317 g/mol. The Balaban J connectivity index is 2.16. The third kappa shape index (κ3) is 4.19. The molecule has 0 aliphatic heterocycles. The van der Waals surface area contributed by atoms with Crippen molar-refractivity contribution >= 4 is 17.5 Å². The number of pyridine rings is 1. The fraction of sp³-hybridized carbons (Fsp3) is 0.0625. The first-order valence-electron chi connectivity index (χ1n) is 6.63. The zero-order valence-corrected chi connectivity index (χ0v) is 12.0. The van der Waals surface area contributed by atoms with Gasteiger partial charge in [-0.25, -0.2) is 8.78 Å². The standard InChI is InChI=1S/C16H13F2N3O2/c1-2-6-20-15(22)10-5-7-19-14(8-10)16(23)21-13-4-3-11(17)9-12(13)18/h2-5,7-9H,1,6H2,(H,20,22)(H,21,23). The zero-order chi connectivity index (χ0) is 16.8. The van der Waals surface area contributed by atoms with Crippen molar-refractivity contribution in [2.45, 2.75) is 0 Å². The quantitative estimate of drug-likeness (QED) is 0.833. The smallest absolute Gasteiger partial charge is 0.274 e. The van der Waals surface area contributed by atoms with Crippen LogP contribution in [-0.2, 0) is 0 Å². The number of hydrogen-bond donors (Lipinski definition) is 2. The van der Waals surface area contributed by atoms with Gasteiger partial charge in [-0.2, -0.15) is 0 Å². The SMILES string of the molecule is C=CCNC(=O)c1ccnc(C(=O)Nc2ccc(F)cc2F)c1. The average Bonchev–Trinajstić information content (AvgIpc) is 2.55. The molecule has 2 rings (SSSR count). The highest BCUT2D eigenvalue weighted by Gasteiger charge is 2.13. The maximum absolute atomic E-state index is 13.5. The zero-order valence-electron chi connectivity index (χ0n) is 12.0. The molecule has 0 aliphatic carbocycles. The number of amides is 2. The molecule has 1 aromatic heterocycles. The van der Waals surface area contributed by atoms with Gasteiger partial charge in [-0.1, -0.05) is 6.08 Å². The largest absolute Gasteiger partial charge is 0.349 e. The molecule has 118 valence electrons. The van der Waals surface area contributed by atoms with E-state index in [0.29, 0.717) is 6.07 Å². The highest BCUT2D eigenvalue weighted by atomic mass is 19.1. The lowest BCUT2D eigenvalue weighted by Gasteiger charge is -2.07. The van der Waals surface area contributed by atoms with Crippen LogP contribution < -0.4 is 10.6 Å². The van der Waals surface area contributed by atoms with E-state index in [9.17, 15) is 18.4 Å². The van der Waals surface area contributed by atoms with Crippen molar-refractivity contribution in [3.8, 4) is 0 Å². The van der Waals surface area contributed by atoms with Crippen LogP contribution in [0.2, 0.25) is 0 Å². The molecule has 5 nitrogen and oxygen atoms in total. The molecule has 7 heteroatoms. The van der Waals surface area contributed by atoms with E-state index in [-0.39, 0.29) is 23.5 Å². The lowest BCUT2D eigenvalue weighted by Crippen LogP contribution is -2.24. The van der Waals surface area contributed by atoms with Crippen LogP contribution in [0.25, 0.3) is 0 Å². The van der Waals surface area contributed by atoms with Crippen LogP contribution in [0.3, 0.4) is 0 Å². The van der Waals surface area contributed by atoms with Crippen LogP contribution in [0.4, 0.5) is 14.5 Å². The number of carbonyl (C=O) groups is 2. The Bertz CT molecular complexity index is 763. The van der Waals surface area contributed by atoms with E-state index in [1.165, 1.54) is 24.4 Å². The molecule has 1 heterocycles. The summed E-state index contributed by atoms with van der Waals surface area (Å²) in [6, 6.07) is 5.49. The summed E-state index contributed by atoms with van der Waals surface area (Å²) in [5.74, 6) is -2.76. The molecule has 1 aromatic carbocycles. The number of halogens is 2. The van der Waals surface area contributed by atoms with Gasteiger partial charge < -0.3 is 10.6 Å². The molecule has 0 spiro atoms. The second-order valence-electron chi connectivity index (χ2n) is 4.51. The van der Waals surface area contributed by atoms with Crippen molar-refractivity contribution in [3.05, 3.63) is 72.1 Å². The molecule has 0 unspecified atom stereocenters. The molecule has 0 fully saturated rings. The van der Waals surface area contributed by atoms with E-state index < -0.39 is 23.4 Å². The van der Waals surface area contributed by atoms with Gasteiger partial charge in [0.05, 0.1) is 5.69 Å². The lowest BCUT2D eigenvalue weighted by atomic mass is 10.2. The summed E-state index contributed by atoms with van der Waals surface area (Å²) < 4.78 is 26.4. The topological polar surface area (TPSA) is 71.1 Å². The van der Waals surface area contributed by atoms with Crippen LogP contribution in [0.15, 0.2) is 49.2 Å². The molecule has 0 aliphatic rings. The highest BCUT2D eigenvalue weighted by Crippen LogP contribution is 2.16. The first kappa shape index (κ1) is 16.3. The lowest BCUT2D eigenvalue weighted by molar-refractivity contribution is 0.0958. The van der Waals surface area contributed by atoms with E-state index in [1.54, 1.807) is 0 Å². The minimum Gasteiger partial charge on any atom is -0.349 e. The monoisotopic (exact) mass is 317 g/mol. The van der Waals surface area contributed by atoms with Crippen LogP contribution >= 0.6 is 0 Å². The Labute approximate surface area is 131 Å². The summed E-state index contributed by atoms with van der Waals surface area (Å²) in [6.45, 7) is 3.76. The van der Waals surface area contributed by atoms with Gasteiger partial charge in [0.2, 0.25) is 0 Å². The van der Waals surface area contributed by atoms with Crippen molar-refractivity contribution in [3.63, 3.8) is 0 Å². The van der Waals surface area contributed by atoms with Crippen LogP contribution in [0, 0.1) is 11.6 Å². The first-order valence-corrected chi connectivity index (χ1v) is 6.63. The molecule has 0 radical (unpaired) electrons. The second-order valence-corrected chi connectivity index (χ2v) is 4.51. The molecular weight excluding hydrogens is 304 g/mol. The maximum atomic E-state index is 13.5. The number of rotatable bonds is 5. The first-order chi connectivity index (χ1) is 11.0. The molecule has 0 atom stereocenters. The number of aromatic nitrogens is 1. The minimum atomic E-state index is -0.904. The predicted octanol–water partition coefficient (Wildman–Crippen LogP) is 2.53. The number of benzene rings is 1. The van der Waals surface area contributed by atoms with Crippen molar-refractivity contribution in [1.82, 2.24) is 10.3 Å². The number of hydrogen-bond acceptors (Lipinski definition) is 3. The Kier molecular flexibility index (Phi) is 5.14. The third-order valence-corrected chi connectivity index (χ3v) is 2.84. The summed E-state index contributed by atoms with van der Waals surface area (Å²) in [5, 5.41) is 4.83. The summed E-state index contributed by atoms with van der Waals surface area (Å²) in [6.07, 6.45) is 2.81. The van der Waals surface area contributed by atoms with Crippen molar-refractivity contribution < 1.29 is 18.4 Å². The van der Waals surface area contributed by atoms with Crippen LogP contribution in [-0.4, -0.2) is 23.3 Å². The van der Waals surface area contributed by atoms with E-state index >= 15 is 0 Å². The third-order valence-electron chi connectivity index (χ3n) is 2.84. The Morgan fingerprint density at radius 1 is 1.17 bits per heavy atom. The van der Waals surface area contributed by atoms with Crippen molar-refractivity contribution in [1.29, 1.82) is 0 Å². The van der Waals surface area contributed by atoms with E-state index in [4.69, 9.17) is 0 Å². The van der Waals surface area contributed by atoms with E-state index in [2.05, 4.69) is 22.2 Å². The summed E-state index contributed by atoms with van der Waals surface area (Å²) >= 11 is 0. The van der Waals surface area contributed by atoms with Gasteiger partial charge in [-0.15, -0.1) is 6.58 Å². The van der Waals surface area contributed by atoms with Gasteiger partial charge >= 0.3 is 0 Å². The fourth-order valence-electron chi connectivity index (χ4n) is 1.74. The maximum Gasteiger partial charge on any atom is 0.274 e. The molecule has 2 amide bonds. The predicted molar refractivity (Wildman–Crippen MR) is 81.1 cm³/mol. The molecule has 23 heavy (non-hydrogen) atoms. The molecule has 0 saturated carbocycles. The van der Waals surface area contributed by atoms with Crippen LogP contribution in [0.5, 0.6) is 0 Å². The molecule has 2 aromatic rings. The van der Waals surface area contributed by atoms with Gasteiger partial charge in [-0.05, 0) is 24.3 Å². The Morgan fingerprint density at radius 2 is 1.96 bits per heavy atom. The van der Waals surface area contributed by atoms with Crippen molar-refractivity contribution in [2.75, 3.05) is 11.9 Å². The highest BCUT2D eigenvalue weighted by molar-refractivity contribution is 6.04. The second kappa shape index (κ2) is 7.26. The molecule has 0 saturated heterocycles. The van der Waals surface area contributed by atoms with Gasteiger partial charge in [0.1, 0.15) is 17.3 Å². The van der Waals surface area contributed by atoms with E-state index in [1.807, 2.05) is 0 Å². The molecule has 2 N–H and O–H groups in total. The van der Waals surface area contributed by atoms with Crippen molar-refractivity contribution in [2.24, 2.45) is 0 Å². The van der Waals surface area contributed by atoms with Gasteiger partial charge in [0.25, 0.3) is 11.8 Å². The minimum absolute atomic E-state index is 0.0695. The molecular formula is C16H13F2N3O2. The fourth-order valence-corrected chi connectivity index (χ4v) is 1.74. The normalized spacial score (nSPS) is 10.0. The Hall–Kier alpha value is -3.09. The van der Waals surface area contributed by atoms with Gasteiger partial charge in [0.15, 0.2) is 0 Å². The van der Waals surface area contributed by atoms with Gasteiger partial charge in [-0.3, -0.25) is 14.6 Å². The number of nitrogens with one attached hydrogen (secondary N) is 2. The number of nitrogens with zero attached hydrogens (tertiary/aromatic N) is 1. The van der Waals surface area contributed by atoms with E-state index in [0.717, 1.165) is 12.1 Å². The molecule has 0 bridgehead atoms. The summed E-state index contributed by atoms with van der Waals surface area (Å²) in [5.41, 5.74) is -0.0220. The summed E-state index contributed by atoms with van der Waals surface area (Å²) in [7, 11) is 0. The summed E-state index contributed by atoms with van der Waals surface area (Å²) in [4.78, 5) is 27.7. The van der Waals surface area contributed by atoms with Crippen LogP contribution in [0.1, 0.15) is 20.8 Å². The number of anilines is 1. The number of carbonyl (C=O) groups excluding carboxylic acids is 2.